The molecule has 5 aromatic rings. The van der Waals surface area contributed by atoms with E-state index in [1.807, 2.05) is 26.7 Å². The molecule has 4 aliphatic rings. The lowest BCUT2D eigenvalue weighted by Crippen LogP contribution is -2.70. The smallest absolute Gasteiger partial charge is 0.368 e. The van der Waals surface area contributed by atoms with Crippen molar-refractivity contribution in [3.8, 4) is 0 Å². The highest BCUT2D eigenvalue weighted by Crippen LogP contribution is 2.52. The number of hydrogen-bond acceptors (Lipinski definition) is 10. The van der Waals surface area contributed by atoms with E-state index < -0.39 is 52.4 Å². The number of rotatable bonds is 7. The number of aromatic nitrogens is 7. The summed E-state index contributed by atoms with van der Waals surface area (Å²) < 4.78 is 76.1. The Balaban J connectivity index is 0.796. The fourth-order valence-corrected chi connectivity index (χ4v) is 9.34. The fraction of sp³-hybridized carbons (Fsp3) is 0.487. The summed E-state index contributed by atoms with van der Waals surface area (Å²) in [7, 11) is 1.61. The maximum absolute atomic E-state index is 16.1. The summed E-state index contributed by atoms with van der Waals surface area (Å²) in [6.07, 6.45) is 3.96. The Morgan fingerprint density at radius 1 is 1.02 bits per heavy atom. The van der Waals surface area contributed by atoms with Crippen LogP contribution in [0.3, 0.4) is 0 Å². The summed E-state index contributed by atoms with van der Waals surface area (Å²) in [6, 6.07) is 6.13. The monoisotopic (exact) mass is 821 g/mol. The molecule has 0 radical (unpaired) electrons. The molecule has 1 aromatic carbocycles. The molecule has 20 heteroatoms. The maximum Gasteiger partial charge on any atom is 0.434 e. The molecule has 310 valence electrons. The second kappa shape index (κ2) is 14.2. The average Bonchev–Trinajstić information content (AvgIpc) is 3.71. The molecule has 3 saturated heterocycles. The molecule has 1 spiro atoms. The number of nitrogens with one attached hydrogen (secondary N) is 2. The molecular weight excluding hydrogens is 781 g/mol. The molecule has 4 aromatic heterocycles. The van der Waals surface area contributed by atoms with Gasteiger partial charge in [-0.1, -0.05) is 6.07 Å². The molecule has 1 atom stereocenters. The number of pyridine rings is 1. The second-order valence-electron chi connectivity index (χ2n) is 16.3. The van der Waals surface area contributed by atoms with Gasteiger partial charge >= 0.3 is 11.9 Å². The molecule has 59 heavy (non-hydrogen) atoms. The van der Waals surface area contributed by atoms with Crippen molar-refractivity contribution in [2.75, 3.05) is 42.9 Å². The van der Waals surface area contributed by atoms with Crippen molar-refractivity contribution in [2.45, 2.75) is 69.1 Å². The van der Waals surface area contributed by atoms with Crippen LogP contribution in [0.25, 0.3) is 21.9 Å². The Bertz CT molecular complexity index is 2550. The Kier molecular flexibility index (Phi) is 9.31. The van der Waals surface area contributed by atoms with Crippen molar-refractivity contribution in [1.82, 2.24) is 44.1 Å². The Morgan fingerprint density at radius 3 is 2.53 bits per heavy atom. The second-order valence-corrected chi connectivity index (χ2v) is 16.3. The van der Waals surface area contributed by atoms with Gasteiger partial charge in [0.25, 0.3) is 11.8 Å². The number of fused-ring (bicyclic) bond motifs is 2. The summed E-state index contributed by atoms with van der Waals surface area (Å²) in [5.74, 6) is -4.37. The topological polar surface area (TPSA) is 165 Å². The van der Waals surface area contributed by atoms with E-state index in [4.69, 9.17) is 0 Å². The molecule has 2 N–H and O–H groups in total. The van der Waals surface area contributed by atoms with Crippen LogP contribution in [0.1, 0.15) is 73.2 Å². The average molecular weight is 822 g/mol. The van der Waals surface area contributed by atoms with Crippen molar-refractivity contribution in [3.63, 3.8) is 0 Å². The first kappa shape index (κ1) is 38.7. The minimum Gasteiger partial charge on any atom is -0.368 e. The third-order valence-corrected chi connectivity index (χ3v) is 12.6. The number of anilines is 2. The predicted octanol–water partition coefficient (Wildman–Crippen LogP) is 4.70. The number of nitrogens with zero attached hydrogens (tertiary/aromatic N) is 9. The van der Waals surface area contributed by atoms with Gasteiger partial charge in [0.15, 0.2) is 5.69 Å². The first-order valence-corrected chi connectivity index (χ1v) is 19.5. The molecular formula is C39H40F5N11O4. The Labute approximate surface area is 332 Å². The summed E-state index contributed by atoms with van der Waals surface area (Å²) in [6.45, 7) is 1.08. The van der Waals surface area contributed by atoms with Gasteiger partial charge in [-0.15, -0.1) is 0 Å². The number of likely N-dealkylation sites (tertiary alicyclic amines) is 1. The molecule has 1 saturated carbocycles. The van der Waals surface area contributed by atoms with E-state index in [9.17, 15) is 32.3 Å². The van der Waals surface area contributed by atoms with Crippen molar-refractivity contribution in [1.29, 1.82) is 0 Å². The fourth-order valence-electron chi connectivity index (χ4n) is 9.34. The number of halogens is 5. The van der Waals surface area contributed by atoms with Gasteiger partial charge in [-0.25, -0.2) is 23.5 Å². The number of para-hydroxylation sites is 1. The third kappa shape index (κ3) is 6.89. The van der Waals surface area contributed by atoms with Crippen LogP contribution in [0.15, 0.2) is 53.8 Å². The van der Waals surface area contributed by atoms with E-state index in [1.54, 1.807) is 25.2 Å². The minimum absolute atomic E-state index is 0.0778. The van der Waals surface area contributed by atoms with Crippen LogP contribution in [-0.2, 0) is 22.8 Å². The largest absolute Gasteiger partial charge is 0.434 e. The lowest BCUT2D eigenvalue weighted by atomic mass is 9.68. The van der Waals surface area contributed by atoms with E-state index in [0.717, 1.165) is 31.9 Å². The first-order chi connectivity index (χ1) is 28.1. The van der Waals surface area contributed by atoms with Gasteiger partial charge < -0.3 is 10.2 Å². The molecule has 0 bridgehead atoms. The first-order valence-electron chi connectivity index (χ1n) is 19.5. The van der Waals surface area contributed by atoms with Gasteiger partial charge in [-0.3, -0.25) is 43.4 Å². The SMILES string of the molecule is Cn1c(=O)n(C2CCC(=O)NC2=O)c2cccc(N3CC4(CCN(CC5CCC(n6cc7cc(NC(=O)c8cncc(C(F)(F)F)n8)ncc7n6)CC5)CC4(F)F)C3)c21. The normalized spacial score (nSPS) is 23.4. The van der Waals surface area contributed by atoms with Gasteiger partial charge in [0.2, 0.25) is 11.8 Å². The van der Waals surface area contributed by atoms with Crippen LogP contribution in [0, 0.1) is 11.3 Å². The Hall–Kier alpha value is -5.79. The molecule has 3 amide bonds. The quantitative estimate of drug-likeness (QED) is 0.174. The van der Waals surface area contributed by atoms with Crippen LogP contribution in [0.2, 0.25) is 0 Å². The minimum atomic E-state index is -4.75. The van der Waals surface area contributed by atoms with E-state index in [2.05, 4.69) is 30.7 Å². The van der Waals surface area contributed by atoms with Crippen LogP contribution >= 0.6 is 0 Å². The number of carbonyl (C=O) groups excluding carboxylic acids is 3. The number of imidazole rings is 1. The van der Waals surface area contributed by atoms with E-state index >= 15 is 8.78 Å². The number of imide groups is 1. The maximum atomic E-state index is 16.1. The van der Waals surface area contributed by atoms with Crippen LogP contribution in [0.5, 0.6) is 0 Å². The number of benzene rings is 1. The van der Waals surface area contributed by atoms with E-state index in [0.29, 0.717) is 53.3 Å². The zero-order valence-electron chi connectivity index (χ0n) is 31.9. The summed E-state index contributed by atoms with van der Waals surface area (Å²) in [5, 5.41) is 10.1. The molecule has 1 unspecified atom stereocenters. The Morgan fingerprint density at radius 2 is 1.80 bits per heavy atom. The standard InChI is InChI=1S/C39H40F5N11O4/c1-51-33-27(3-2-4-28(33)55(36(51)59)29-9-10-32(56)49-35(29)58)53-19-37(20-53)11-12-52(21-38(37,40)41)17-22-5-7-24(8-6-22)54-18-23-13-31(46-15-25(23)50-54)48-34(57)26-14-45-16-30(47-26)39(42,43)44/h2-4,13-16,18,22,24,29H,5-12,17,19-21H2,1H3,(H,48,57)(H,49,56,58). The highest BCUT2D eigenvalue weighted by atomic mass is 19.4. The molecule has 9 rings (SSSR count). The van der Waals surface area contributed by atoms with Gasteiger partial charge in [0.1, 0.15) is 23.1 Å². The highest BCUT2D eigenvalue weighted by Gasteiger charge is 2.62. The zero-order valence-corrected chi connectivity index (χ0v) is 31.9. The van der Waals surface area contributed by atoms with Crippen LogP contribution < -0.4 is 21.2 Å². The number of carbonyl (C=O) groups is 3. The van der Waals surface area contributed by atoms with Crippen LogP contribution in [-0.4, -0.2) is 95.1 Å². The molecule has 1 aliphatic carbocycles. The number of hydrogen-bond donors (Lipinski definition) is 2. The number of aryl methyl sites for hydroxylation is 1. The highest BCUT2D eigenvalue weighted by molar-refractivity contribution is 6.03. The summed E-state index contributed by atoms with van der Waals surface area (Å²) in [5.41, 5.74) is -1.06. The lowest BCUT2D eigenvalue weighted by molar-refractivity contribution is -0.181. The molecule has 7 heterocycles. The van der Waals surface area contributed by atoms with Crippen molar-refractivity contribution < 1.29 is 36.3 Å². The van der Waals surface area contributed by atoms with Crippen molar-refractivity contribution in [2.24, 2.45) is 18.4 Å². The molecule has 15 nitrogen and oxygen atoms in total. The summed E-state index contributed by atoms with van der Waals surface area (Å²) >= 11 is 0. The number of amides is 3. The predicted molar refractivity (Wildman–Crippen MR) is 203 cm³/mol. The molecule has 4 fully saturated rings. The van der Waals surface area contributed by atoms with Crippen LogP contribution in [0.4, 0.5) is 33.5 Å². The van der Waals surface area contributed by atoms with Crippen molar-refractivity contribution in [3.05, 3.63) is 70.9 Å². The van der Waals surface area contributed by atoms with Gasteiger partial charge in [0, 0.05) is 44.7 Å². The zero-order chi connectivity index (χ0) is 41.4. The summed E-state index contributed by atoms with van der Waals surface area (Å²) in [4.78, 5) is 65.2. The van der Waals surface area contributed by atoms with Gasteiger partial charge in [0.05, 0.1) is 53.3 Å². The van der Waals surface area contributed by atoms with E-state index in [1.165, 1.54) is 15.3 Å². The molecule has 3 aliphatic heterocycles. The van der Waals surface area contributed by atoms with Gasteiger partial charge in [-0.05, 0) is 69.2 Å². The number of alkyl halides is 5. The number of piperidine rings is 2. The lowest BCUT2D eigenvalue weighted by Gasteiger charge is -2.58. The third-order valence-electron chi connectivity index (χ3n) is 12.6. The van der Waals surface area contributed by atoms with E-state index in [-0.39, 0.29) is 56.2 Å². The van der Waals surface area contributed by atoms with Gasteiger partial charge in [-0.2, -0.15) is 18.3 Å². The van der Waals surface area contributed by atoms with Crippen molar-refractivity contribution >= 4 is 51.2 Å².